The van der Waals surface area contributed by atoms with Crippen LogP contribution in [-0.2, 0) is 0 Å². The molecule has 1 amide bonds. The fraction of sp³-hybridized carbons (Fsp3) is 0.455. The smallest absolute Gasteiger partial charge is 0.270 e. The number of rotatable bonds is 1. The Kier molecular flexibility index (Phi) is 2.78. The number of aromatic amines is 1. The van der Waals surface area contributed by atoms with Crippen LogP contribution < -0.4 is 11.3 Å². The Morgan fingerprint density at radius 3 is 2.81 bits per heavy atom. The highest BCUT2D eigenvalue weighted by Gasteiger charge is 2.30. The van der Waals surface area contributed by atoms with Crippen LogP contribution in [0.2, 0.25) is 0 Å². The van der Waals surface area contributed by atoms with Gasteiger partial charge in [-0.05, 0) is 12.0 Å². The van der Waals surface area contributed by atoms with Crippen molar-refractivity contribution >= 4 is 5.91 Å². The van der Waals surface area contributed by atoms with Crippen LogP contribution in [0.25, 0.3) is 0 Å². The lowest BCUT2D eigenvalue weighted by atomic mass is 10.1. The van der Waals surface area contributed by atoms with E-state index in [-0.39, 0.29) is 17.5 Å². The number of nitrogens with two attached hydrogens (primary N) is 1. The first-order valence-corrected chi connectivity index (χ1v) is 5.32. The summed E-state index contributed by atoms with van der Waals surface area (Å²) in [6.07, 6.45) is 0. The molecule has 0 spiro atoms. The van der Waals surface area contributed by atoms with Crippen LogP contribution in [0.15, 0.2) is 23.0 Å². The summed E-state index contributed by atoms with van der Waals surface area (Å²) in [5.74, 6) is 0.150. The molecule has 0 aliphatic carbocycles. The Bertz CT molecular complexity index is 445. The third kappa shape index (κ3) is 1.99. The van der Waals surface area contributed by atoms with Crippen molar-refractivity contribution in [1.29, 1.82) is 0 Å². The van der Waals surface area contributed by atoms with Gasteiger partial charge in [-0.1, -0.05) is 13.0 Å². The summed E-state index contributed by atoms with van der Waals surface area (Å²) in [5.41, 5.74) is 5.91. The van der Waals surface area contributed by atoms with Crippen molar-refractivity contribution < 1.29 is 4.79 Å². The maximum absolute atomic E-state index is 12.0. The SMILES string of the molecule is CC1CN(C(=O)c2cccc(=O)[nH]2)CC1N. The first-order valence-electron chi connectivity index (χ1n) is 5.32. The van der Waals surface area contributed by atoms with Gasteiger partial charge in [-0.15, -0.1) is 0 Å². The molecule has 1 saturated heterocycles. The summed E-state index contributed by atoms with van der Waals surface area (Å²) in [4.78, 5) is 27.3. The molecule has 0 saturated carbocycles. The van der Waals surface area contributed by atoms with Gasteiger partial charge in [-0.25, -0.2) is 0 Å². The predicted molar refractivity (Wildman–Crippen MR) is 60.1 cm³/mol. The van der Waals surface area contributed by atoms with Crippen LogP contribution >= 0.6 is 0 Å². The van der Waals surface area contributed by atoms with Crippen molar-refractivity contribution in [1.82, 2.24) is 9.88 Å². The minimum Gasteiger partial charge on any atom is -0.335 e. The van der Waals surface area contributed by atoms with E-state index in [0.717, 1.165) is 0 Å². The number of amides is 1. The molecule has 16 heavy (non-hydrogen) atoms. The second kappa shape index (κ2) is 4.09. The summed E-state index contributed by atoms with van der Waals surface area (Å²) < 4.78 is 0. The van der Waals surface area contributed by atoms with Gasteiger partial charge in [0.05, 0.1) is 0 Å². The lowest BCUT2D eigenvalue weighted by Gasteiger charge is -2.15. The van der Waals surface area contributed by atoms with Gasteiger partial charge >= 0.3 is 0 Å². The van der Waals surface area contributed by atoms with Gasteiger partial charge in [0.2, 0.25) is 5.56 Å². The van der Waals surface area contributed by atoms with Gasteiger partial charge in [0, 0.05) is 25.2 Å². The van der Waals surface area contributed by atoms with Gasteiger partial charge in [0.25, 0.3) is 5.91 Å². The van der Waals surface area contributed by atoms with Crippen LogP contribution in [-0.4, -0.2) is 34.9 Å². The zero-order valence-electron chi connectivity index (χ0n) is 9.14. The van der Waals surface area contributed by atoms with Crippen LogP contribution in [0.5, 0.6) is 0 Å². The summed E-state index contributed by atoms with van der Waals surface area (Å²) in [7, 11) is 0. The van der Waals surface area contributed by atoms with Crippen LogP contribution in [0, 0.1) is 5.92 Å². The molecule has 0 bridgehead atoms. The first kappa shape index (κ1) is 10.9. The second-order valence-corrected chi connectivity index (χ2v) is 4.28. The number of nitrogens with one attached hydrogen (secondary N) is 1. The predicted octanol–water partition coefficient (Wildman–Crippen LogP) is -0.206. The summed E-state index contributed by atoms with van der Waals surface area (Å²) in [5, 5.41) is 0. The first-order chi connectivity index (χ1) is 7.58. The van der Waals surface area contributed by atoms with Crippen molar-refractivity contribution in [2.45, 2.75) is 13.0 Å². The highest BCUT2D eigenvalue weighted by molar-refractivity contribution is 5.92. The molecule has 2 unspecified atom stereocenters. The maximum atomic E-state index is 12.0. The number of hydrogen-bond donors (Lipinski definition) is 2. The third-order valence-corrected chi connectivity index (χ3v) is 2.96. The lowest BCUT2D eigenvalue weighted by Crippen LogP contribution is -2.33. The average Bonchev–Trinajstić information content (AvgIpc) is 2.58. The maximum Gasteiger partial charge on any atom is 0.270 e. The van der Waals surface area contributed by atoms with E-state index in [9.17, 15) is 9.59 Å². The summed E-state index contributed by atoms with van der Waals surface area (Å²) >= 11 is 0. The monoisotopic (exact) mass is 221 g/mol. The van der Waals surface area contributed by atoms with Crippen molar-refractivity contribution in [3.63, 3.8) is 0 Å². The third-order valence-electron chi connectivity index (χ3n) is 2.96. The van der Waals surface area contributed by atoms with E-state index in [1.165, 1.54) is 6.07 Å². The van der Waals surface area contributed by atoms with Crippen LogP contribution in [0.1, 0.15) is 17.4 Å². The zero-order valence-corrected chi connectivity index (χ0v) is 9.14. The number of nitrogens with zero attached hydrogens (tertiary/aromatic N) is 1. The van der Waals surface area contributed by atoms with E-state index in [4.69, 9.17) is 5.73 Å². The van der Waals surface area contributed by atoms with Crippen LogP contribution in [0.4, 0.5) is 0 Å². The molecule has 1 aliphatic rings. The average molecular weight is 221 g/mol. The topological polar surface area (TPSA) is 79.2 Å². The molecule has 1 aromatic rings. The normalized spacial score (nSPS) is 24.8. The number of carbonyl (C=O) groups is 1. The Morgan fingerprint density at radius 1 is 1.50 bits per heavy atom. The molecule has 2 atom stereocenters. The molecular weight excluding hydrogens is 206 g/mol. The van der Waals surface area contributed by atoms with Crippen LogP contribution in [0.3, 0.4) is 0 Å². The molecule has 5 nitrogen and oxygen atoms in total. The molecule has 1 aromatic heterocycles. The van der Waals surface area contributed by atoms with Crippen molar-refractivity contribution in [2.75, 3.05) is 13.1 Å². The Balaban J connectivity index is 2.18. The fourth-order valence-corrected chi connectivity index (χ4v) is 1.90. The molecule has 1 fully saturated rings. The van der Waals surface area contributed by atoms with Gasteiger partial charge in [0.15, 0.2) is 0 Å². The number of likely N-dealkylation sites (tertiary alicyclic amines) is 1. The fourth-order valence-electron chi connectivity index (χ4n) is 1.90. The molecule has 0 aromatic carbocycles. The Labute approximate surface area is 93.3 Å². The van der Waals surface area contributed by atoms with Crippen molar-refractivity contribution in [2.24, 2.45) is 11.7 Å². The van der Waals surface area contributed by atoms with E-state index in [2.05, 4.69) is 4.98 Å². The number of aromatic nitrogens is 1. The minimum absolute atomic E-state index is 0.0272. The number of carbonyl (C=O) groups excluding carboxylic acids is 1. The molecule has 86 valence electrons. The molecule has 2 rings (SSSR count). The van der Waals surface area contributed by atoms with Crippen molar-refractivity contribution in [3.05, 3.63) is 34.2 Å². The molecule has 0 radical (unpaired) electrons. The minimum atomic E-state index is -0.262. The zero-order chi connectivity index (χ0) is 11.7. The molecular formula is C11H15N3O2. The largest absolute Gasteiger partial charge is 0.335 e. The van der Waals surface area contributed by atoms with Gasteiger partial charge < -0.3 is 15.6 Å². The molecule has 5 heteroatoms. The number of H-pyrrole nitrogens is 1. The summed E-state index contributed by atoms with van der Waals surface area (Å²) in [6, 6.07) is 4.60. The van der Waals surface area contributed by atoms with E-state index in [0.29, 0.717) is 24.7 Å². The second-order valence-electron chi connectivity index (χ2n) is 4.28. The highest BCUT2D eigenvalue weighted by atomic mass is 16.2. The van der Waals surface area contributed by atoms with Crippen molar-refractivity contribution in [3.8, 4) is 0 Å². The van der Waals surface area contributed by atoms with Gasteiger partial charge in [-0.3, -0.25) is 9.59 Å². The Morgan fingerprint density at radius 2 is 2.25 bits per heavy atom. The Hall–Kier alpha value is -1.62. The molecule has 1 aliphatic heterocycles. The standard InChI is InChI=1S/C11H15N3O2/c1-7-5-14(6-8(7)12)11(16)9-3-2-4-10(15)13-9/h2-4,7-8H,5-6,12H2,1H3,(H,13,15). The van der Waals surface area contributed by atoms with E-state index >= 15 is 0 Å². The molecule has 2 heterocycles. The number of pyridine rings is 1. The van der Waals surface area contributed by atoms with E-state index in [1.54, 1.807) is 17.0 Å². The van der Waals surface area contributed by atoms with E-state index in [1.807, 2.05) is 6.92 Å². The number of hydrogen-bond acceptors (Lipinski definition) is 3. The molecule has 3 N–H and O–H groups in total. The lowest BCUT2D eigenvalue weighted by molar-refractivity contribution is 0.0780. The highest BCUT2D eigenvalue weighted by Crippen LogP contribution is 2.16. The van der Waals surface area contributed by atoms with Gasteiger partial charge in [-0.2, -0.15) is 0 Å². The van der Waals surface area contributed by atoms with E-state index < -0.39 is 0 Å². The summed E-state index contributed by atoms with van der Waals surface area (Å²) in [6.45, 7) is 3.22. The van der Waals surface area contributed by atoms with Gasteiger partial charge in [0.1, 0.15) is 5.69 Å². The quantitative estimate of drug-likeness (QED) is 0.689.